The molecule has 0 aromatic heterocycles. The van der Waals surface area contributed by atoms with E-state index in [1.807, 2.05) is 52.0 Å². The van der Waals surface area contributed by atoms with Gasteiger partial charge < -0.3 is 19.5 Å². The predicted octanol–water partition coefficient (Wildman–Crippen LogP) is 5.09. The predicted molar refractivity (Wildman–Crippen MR) is 124 cm³/mol. The Bertz CT molecular complexity index is 994. The molecule has 6 nitrogen and oxygen atoms in total. The summed E-state index contributed by atoms with van der Waals surface area (Å²) in [5, 5.41) is 11.1. The highest BCUT2D eigenvalue weighted by Crippen LogP contribution is 2.40. The Labute approximate surface area is 189 Å². The molecule has 1 aliphatic rings. The number of amides is 1. The number of aliphatic hydroxyl groups is 1. The number of likely N-dealkylation sites (tertiary alicyclic amines) is 1. The SMILES string of the molecule is CCCOc1cccc(C2/C(=C(/O)c3ccc(OC(C)C)cc3)C(=O)C(=O)N2CCC)c1. The smallest absolute Gasteiger partial charge is 0.295 e. The lowest BCUT2D eigenvalue weighted by Gasteiger charge is -2.25. The first kappa shape index (κ1) is 23.4. The Morgan fingerprint density at radius 3 is 2.38 bits per heavy atom. The highest BCUT2D eigenvalue weighted by atomic mass is 16.5. The van der Waals surface area contributed by atoms with Gasteiger partial charge in [-0.05, 0) is 68.7 Å². The Hall–Kier alpha value is -3.28. The third kappa shape index (κ3) is 4.96. The summed E-state index contributed by atoms with van der Waals surface area (Å²) < 4.78 is 11.4. The van der Waals surface area contributed by atoms with E-state index in [0.717, 1.165) is 12.0 Å². The number of benzene rings is 2. The van der Waals surface area contributed by atoms with Gasteiger partial charge in [0.2, 0.25) is 0 Å². The molecule has 1 aliphatic heterocycles. The van der Waals surface area contributed by atoms with Crippen molar-refractivity contribution < 1.29 is 24.2 Å². The molecule has 1 amide bonds. The topological polar surface area (TPSA) is 76.1 Å². The zero-order chi connectivity index (χ0) is 23.3. The van der Waals surface area contributed by atoms with E-state index in [0.29, 0.717) is 36.6 Å². The molecule has 1 atom stereocenters. The standard InChI is InChI=1S/C26H31NO5/c1-5-14-27-23(19-8-7-9-21(16-19)31-15-6-2)22(25(29)26(27)30)24(28)18-10-12-20(13-11-18)32-17(3)4/h7-13,16-17,23,28H,5-6,14-15H2,1-4H3/b24-22-. The minimum Gasteiger partial charge on any atom is -0.507 e. The van der Waals surface area contributed by atoms with Gasteiger partial charge in [-0.25, -0.2) is 0 Å². The van der Waals surface area contributed by atoms with Crippen LogP contribution in [0.25, 0.3) is 5.76 Å². The van der Waals surface area contributed by atoms with Crippen LogP contribution in [0, 0.1) is 0 Å². The summed E-state index contributed by atoms with van der Waals surface area (Å²) in [4.78, 5) is 27.4. The van der Waals surface area contributed by atoms with Gasteiger partial charge in [-0.2, -0.15) is 0 Å². The number of aliphatic hydroxyl groups excluding tert-OH is 1. The van der Waals surface area contributed by atoms with Crippen LogP contribution >= 0.6 is 0 Å². The number of rotatable bonds is 9. The maximum atomic E-state index is 13.0. The molecule has 2 aromatic rings. The lowest BCUT2D eigenvalue weighted by molar-refractivity contribution is -0.139. The number of hydrogen-bond acceptors (Lipinski definition) is 5. The molecule has 1 saturated heterocycles. The molecule has 6 heteroatoms. The Kier molecular flexibility index (Phi) is 7.57. The van der Waals surface area contributed by atoms with Gasteiger partial charge in [-0.3, -0.25) is 9.59 Å². The molecule has 32 heavy (non-hydrogen) atoms. The van der Waals surface area contributed by atoms with E-state index in [4.69, 9.17) is 9.47 Å². The maximum Gasteiger partial charge on any atom is 0.295 e. The van der Waals surface area contributed by atoms with Crippen molar-refractivity contribution in [2.45, 2.75) is 52.7 Å². The Balaban J connectivity index is 2.07. The largest absolute Gasteiger partial charge is 0.507 e. The molecule has 1 unspecified atom stereocenters. The van der Waals surface area contributed by atoms with Crippen molar-refractivity contribution in [1.29, 1.82) is 0 Å². The monoisotopic (exact) mass is 437 g/mol. The van der Waals surface area contributed by atoms with Crippen molar-refractivity contribution in [2.24, 2.45) is 0 Å². The fraction of sp³-hybridized carbons (Fsp3) is 0.385. The molecule has 0 saturated carbocycles. The van der Waals surface area contributed by atoms with Crippen LogP contribution in [0.3, 0.4) is 0 Å². The fourth-order valence-electron chi connectivity index (χ4n) is 3.81. The highest BCUT2D eigenvalue weighted by Gasteiger charge is 2.45. The van der Waals surface area contributed by atoms with Crippen molar-refractivity contribution >= 4 is 17.4 Å². The van der Waals surface area contributed by atoms with Gasteiger partial charge in [0, 0.05) is 12.1 Å². The van der Waals surface area contributed by atoms with Crippen LogP contribution in [0.2, 0.25) is 0 Å². The number of ether oxygens (including phenoxy) is 2. The molecule has 170 valence electrons. The molecule has 3 rings (SSSR count). The second-order valence-electron chi connectivity index (χ2n) is 8.10. The van der Waals surface area contributed by atoms with Crippen LogP contribution in [0.1, 0.15) is 57.7 Å². The molecule has 0 bridgehead atoms. The first-order chi connectivity index (χ1) is 15.4. The minimum absolute atomic E-state index is 0.0241. The molecular weight excluding hydrogens is 406 g/mol. The third-order valence-electron chi connectivity index (χ3n) is 5.15. The van der Waals surface area contributed by atoms with E-state index >= 15 is 0 Å². The summed E-state index contributed by atoms with van der Waals surface area (Å²) in [7, 11) is 0. The van der Waals surface area contributed by atoms with E-state index in [9.17, 15) is 14.7 Å². The molecular formula is C26H31NO5. The summed E-state index contributed by atoms with van der Waals surface area (Å²) >= 11 is 0. The number of ketones is 1. The number of nitrogens with zero attached hydrogens (tertiary/aromatic N) is 1. The van der Waals surface area contributed by atoms with Crippen LogP contribution in [0.5, 0.6) is 11.5 Å². The molecule has 0 radical (unpaired) electrons. The van der Waals surface area contributed by atoms with E-state index in [2.05, 4.69) is 0 Å². The summed E-state index contributed by atoms with van der Waals surface area (Å²) in [5.74, 6) is -0.133. The van der Waals surface area contributed by atoms with E-state index in [1.165, 1.54) is 4.90 Å². The van der Waals surface area contributed by atoms with Gasteiger partial charge >= 0.3 is 0 Å². The first-order valence-electron chi connectivity index (χ1n) is 11.2. The van der Waals surface area contributed by atoms with Gasteiger partial charge in [0.05, 0.1) is 24.3 Å². The third-order valence-corrected chi connectivity index (χ3v) is 5.15. The lowest BCUT2D eigenvalue weighted by Crippen LogP contribution is -2.30. The second-order valence-corrected chi connectivity index (χ2v) is 8.10. The van der Waals surface area contributed by atoms with Crippen LogP contribution in [-0.4, -0.2) is 41.0 Å². The number of hydrogen-bond donors (Lipinski definition) is 1. The van der Waals surface area contributed by atoms with Gasteiger partial charge in [-0.15, -0.1) is 0 Å². The van der Waals surface area contributed by atoms with Crippen LogP contribution in [-0.2, 0) is 9.59 Å². The molecule has 0 spiro atoms. The van der Waals surface area contributed by atoms with E-state index in [1.54, 1.807) is 24.3 Å². The van der Waals surface area contributed by atoms with Crippen molar-refractivity contribution in [3.05, 3.63) is 65.2 Å². The molecule has 1 fully saturated rings. The normalized spacial score (nSPS) is 17.8. The quantitative estimate of drug-likeness (QED) is 0.336. The first-order valence-corrected chi connectivity index (χ1v) is 11.2. The van der Waals surface area contributed by atoms with Crippen molar-refractivity contribution in [3.63, 3.8) is 0 Å². The highest BCUT2D eigenvalue weighted by molar-refractivity contribution is 6.46. The average Bonchev–Trinajstić information content (AvgIpc) is 3.03. The van der Waals surface area contributed by atoms with Crippen molar-refractivity contribution in [2.75, 3.05) is 13.2 Å². The zero-order valence-corrected chi connectivity index (χ0v) is 19.1. The lowest BCUT2D eigenvalue weighted by atomic mass is 9.95. The number of carbonyl (C=O) groups is 2. The van der Waals surface area contributed by atoms with Gasteiger partial charge in [0.1, 0.15) is 17.3 Å². The summed E-state index contributed by atoms with van der Waals surface area (Å²) in [6.07, 6.45) is 1.59. The number of carbonyl (C=O) groups excluding carboxylic acids is 2. The van der Waals surface area contributed by atoms with Crippen LogP contribution in [0.4, 0.5) is 0 Å². The van der Waals surface area contributed by atoms with E-state index < -0.39 is 17.7 Å². The van der Waals surface area contributed by atoms with Crippen LogP contribution < -0.4 is 9.47 Å². The van der Waals surface area contributed by atoms with E-state index in [-0.39, 0.29) is 17.4 Å². The number of Topliss-reactive ketones (excluding diaryl/α,β-unsaturated/α-hetero) is 1. The maximum absolute atomic E-state index is 13.0. The molecule has 1 N–H and O–H groups in total. The Morgan fingerprint density at radius 1 is 1.03 bits per heavy atom. The second kappa shape index (κ2) is 10.4. The van der Waals surface area contributed by atoms with Crippen molar-refractivity contribution in [1.82, 2.24) is 4.90 Å². The van der Waals surface area contributed by atoms with Crippen molar-refractivity contribution in [3.8, 4) is 11.5 Å². The summed E-state index contributed by atoms with van der Waals surface area (Å²) in [5.41, 5.74) is 1.28. The van der Waals surface area contributed by atoms with Gasteiger partial charge in [0.25, 0.3) is 11.7 Å². The molecule has 0 aliphatic carbocycles. The van der Waals surface area contributed by atoms with Gasteiger partial charge in [0.15, 0.2) is 0 Å². The Morgan fingerprint density at radius 2 is 1.75 bits per heavy atom. The molecule has 2 aromatic carbocycles. The summed E-state index contributed by atoms with van der Waals surface area (Å²) in [6.45, 7) is 8.82. The van der Waals surface area contributed by atoms with Gasteiger partial charge in [-0.1, -0.05) is 26.0 Å². The zero-order valence-electron chi connectivity index (χ0n) is 19.1. The van der Waals surface area contributed by atoms with Crippen LogP contribution in [0.15, 0.2) is 54.1 Å². The molecule has 1 heterocycles. The minimum atomic E-state index is -0.677. The summed E-state index contributed by atoms with van der Waals surface area (Å²) in [6, 6.07) is 13.6. The fourth-order valence-corrected chi connectivity index (χ4v) is 3.81. The average molecular weight is 438 g/mol.